The summed E-state index contributed by atoms with van der Waals surface area (Å²) >= 11 is 0. The van der Waals surface area contributed by atoms with Crippen LogP contribution in [0.1, 0.15) is 56.1 Å². The van der Waals surface area contributed by atoms with E-state index in [0.29, 0.717) is 5.92 Å². The summed E-state index contributed by atoms with van der Waals surface area (Å²) in [7, 11) is 1.75. The Morgan fingerprint density at radius 2 is 1.81 bits per heavy atom. The monoisotopic (exact) mass is 349 g/mol. The van der Waals surface area contributed by atoms with Crippen LogP contribution in [-0.2, 0) is 11.2 Å². The molecule has 2 nitrogen and oxygen atoms in total. The molecule has 0 amide bonds. The predicted molar refractivity (Wildman–Crippen MR) is 109 cm³/mol. The molecule has 0 N–H and O–H groups in total. The minimum atomic E-state index is 0.705. The fraction of sp³-hybridized carbons (Fsp3) is 0.458. The first-order valence-electron chi connectivity index (χ1n) is 10.0. The molecule has 1 fully saturated rings. The molecule has 1 heterocycles. The van der Waals surface area contributed by atoms with Crippen molar-refractivity contribution < 1.29 is 4.74 Å². The zero-order valence-electron chi connectivity index (χ0n) is 16.2. The molecule has 3 rings (SSSR count). The molecule has 0 saturated heterocycles. The van der Waals surface area contributed by atoms with Gasteiger partial charge in [0.2, 0.25) is 0 Å². The number of hydrogen-bond donors (Lipinski definition) is 0. The van der Waals surface area contributed by atoms with E-state index in [0.717, 1.165) is 24.6 Å². The molecule has 2 aromatic rings. The van der Waals surface area contributed by atoms with Gasteiger partial charge in [-0.05, 0) is 61.1 Å². The Morgan fingerprint density at radius 3 is 2.42 bits per heavy atom. The van der Waals surface area contributed by atoms with Gasteiger partial charge in [-0.2, -0.15) is 0 Å². The van der Waals surface area contributed by atoms with E-state index in [2.05, 4.69) is 60.5 Å². The van der Waals surface area contributed by atoms with Crippen LogP contribution >= 0.6 is 0 Å². The summed E-state index contributed by atoms with van der Waals surface area (Å²) in [6.45, 7) is 2.94. The number of hydrogen-bond acceptors (Lipinski definition) is 2. The number of ether oxygens (including phenoxy) is 1. The highest BCUT2D eigenvalue weighted by Gasteiger charge is 2.20. The Kier molecular flexibility index (Phi) is 7.02. The second-order valence-electron chi connectivity index (χ2n) is 7.42. The van der Waals surface area contributed by atoms with Gasteiger partial charge in [0.05, 0.1) is 12.3 Å². The average Bonchev–Trinajstić information content (AvgIpc) is 2.70. The minimum absolute atomic E-state index is 0.705. The SMILES string of the molecule is CCCc1ccc(-c2ccc(C3CCC(/C=C/COC)CC3)cc2)nc1. The van der Waals surface area contributed by atoms with Gasteiger partial charge in [0, 0.05) is 18.9 Å². The Morgan fingerprint density at radius 1 is 1.04 bits per heavy atom. The summed E-state index contributed by atoms with van der Waals surface area (Å²) in [5, 5.41) is 0. The van der Waals surface area contributed by atoms with Crippen molar-refractivity contribution in [1.29, 1.82) is 0 Å². The Hall–Kier alpha value is -1.93. The van der Waals surface area contributed by atoms with Crippen molar-refractivity contribution in [2.24, 2.45) is 5.92 Å². The summed E-state index contributed by atoms with van der Waals surface area (Å²) in [6.07, 6.45) is 13.9. The first-order valence-corrected chi connectivity index (χ1v) is 10.0. The van der Waals surface area contributed by atoms with E-state index in [-0.39, 0.29) is 0 Å². The van der Waals surface area contributed by atoms with Crippen molar-refractivity contribution in [3.63, 3.8) is 0 Å². The number of methoxy groups -OCH3 is 1. The molecule has 0 atom stereocenters. The highest BCUT2D eigenvalue weighted by atomic mass is 16.5. The number of rotatable bonds is 7. The lowest BCUT2D eigenvalue weighted by atomic mass is 9.78. The van der Waals surface area contributed by atoms with Gasteiger partial charge in [-0.1, -0.05) is 55.8 Å². The van der Waals surface area contributed by atoms with Crippen molar-refractivity contribution in [1.82, 2.24) is 4.98 Å². The zero-order chi connectivity index (χ0) is 18.2. The van der Waals surface area contributed by atoms with Gasteiger partial charge in [-0.25, -0.2) is 0 Å². The third kappa shape index (κ3) is 5.04. The van der Waals surface area contributed by atoms with Gasteiger partial charge in [-0.15, -0.1) is 0 Å². The molecule has 1 aliphatic rings. The van der Waals surface area contributed by atoms with E-state index < -0.39 is 0 Å². The van der Waals surface area contributed by atoms with Crippen molar-refractivity contribution in [3.05, 3.63) is 65.9 Å². The second kappa shape index (κ2) is 9.68. The van der Waals surface area contributed by atoms with Gasteiger partial charge >= 0.3 is 0 Å². The maximum atomic E-state index is 5.10. The molecule has 0 radical (unpaired) electrons. The van der Waals surface area contributed by atoms with Crippen LogP contribution < -0.4 is 0 Å². The fourth-order valence-corrected chi connectivity index (χ4v) is 3.95. The van der Waals surface area contributed by atoms with E-state index in [1.807, 2.05) is 6.20 Å². The molecule has 1 saturated carbocycles. The summed E-state index contributed by atoms with van der Waals surface area (Å²) in [5.74, 6) is 1.43. The average molecular weight is 350 g/mol. The summed E-state index contributed by atoms with van der Waals surface area (Å²) in [5.41, 5.74) is 5.09. The number of pyridine rings is 1. The van der Waals surface area contributed by atoms with Crippen LogP contribution in [0.5, 0.6) is 0 Å². The minimum Gasteiger partial charge on any atom is -0.381 e. The lowest BCUT2D eigenvalue weighted by molar-refractivity contribution is 0.233. The topological polar surface area (TPSA) is 22.1 Å². The van der Waals surface area contributed by atoms with Crippen LogP contribution in [0.4, 0.5) is 0 Å². The number of aryl methyl sites for hydroxylation is 1. The lowest BCUT2D eigenvalue weighted by Gasteiger charge is -2.27. The molecule has 0 aliphatic heterocycles. The van der Waals surface area contributed by atoms with E-state index in [9.17, 15) is 0 Å². The smallest absolute Gasteiger partial charge is 0.0702 e. The van der Waals surface area contributed by atoms with E-state index in [1.165, 1.54) is 48.8 Å². The number of nitrogens with zero attached hydrogens (tertiary/aromatic N) is 1. The van der Waals surface area contributed by atoms with E-state index >= 15 is 0 Å². The van der Waals surface area contributed by atoms with Crippen LogP contribution in [0.3, 0.4) is 0 Å². The van der Waals surface area contributed by atoms with Crippen LogP contribution in [0, 0.1) is 5.92 Å². The summed E-state index contributed by atoms with van der Waals surface area (Å²) in [4.78, 5) is 4.64. The van der Waals surface area contributed by atoms with E-state index in [4.69, 9.17) is 4.74 Å². The molecule has 0 unspecified atom stereocenters. The first-order chi connectivity index (χ1) is 12.8. The maximum Gasteiger partial charge on any atom is 0.0702 e. The third-order valence-corrected chi connectivity index (χ3v) is 5.48. The lowest BCUT2D eigenvalue weighted by Crippen LogP contribution is -2.11. The van der Waals surface area contributed by atoms with Gasteiger partial charge in [0.25, 0.3) is 0 Å². The van der Waals surface area contributed by atoms with E-state index in [1.54, 1.807) is 7.11 Å². The molecule has 1 aromatic heterocycles. The van der Waals surface area contributed by atoms with Crippen molar-refractivity contribution >= 4 is 0 Å². The Balaban J connectivity index is 1.58. The van der Waals surface area contributed by atoms with Crippen LogP contribution in [0.25, 0.3) is 11.3 Å². The van der Waals surface area contributed by atoms with Gasteiger partial charge in [-0.3, -0.25) is 4.98 Å². The Labute approximate surface area is 158 Å². The van der Waals surface area contributed by atoms with Gasteiger partial charge in [0.15, 0.2) is 0 Å². The number of aromatic nitrogens is 1. The van der Waals surface area contributed by atoms with Crippen molar-refractivity contribution in [3.8, 4) is 11.3 Å². The molecular weight excluding hydrogens is 318 g/mol. The quantitative estimate of drug-likeness (QED) is 0.557. The highest BCUT2D eigenvalue weighted by Crippen LogP contribution is 2.36. The van der Waals surface area contributed by atoms with Gasteiger partial charge in [0.1, 0.15) is 0 Å². The summed E-state index contributed by atoms with van der Waals surface area (Å²) in [6, 6.07) is 13.4. The molecule has 0 spiro atoms. The Bertz CT molecular complexity index is 679. The molecule has 1 aromatic carbocycles. The second-order valence-corrected chi connectivity index (χ2v) is 7.42. The van der Waals surface area contributed by atoms with Gasteiger partial charge < -0.3 is 4.74 Å². The predicted octanol–water partition coefficient (Wildman–Crippen LogP) is 6.18. The molecule has 0 bridgehead atoms. The summed E-state index contributed by atoms with van der Waals surface area (Å²) < 4.78 is 5.10. The first kappa shape index (κ1) is 18.8. The van der Waals surface area contributed by atoms with Crippen molar-refractivity contribution in [2.75, 3.05) is 13.7 Å². The molecule has 1 aliphatic carbocycles. The third-order valence-electron chi connectivity index (χ3n) is 5.48. The van der Waals surface area contributed by atoms with Crippen LogP contribution in [0.15, 0.2) is 54.7 Å². The maximum absolute atomic E-state index is 5.10. The van der Waals surface area contributed by atoms with Crippen LogP contribution in [-0.4, -0.2) is 18.7 Å². The largest absolute Gasteiger partial charge is 0.381 e. The van der Waals surface area contributed by atoms with Crippen molar-refractivity contribution in [2.45, 2.75) is 51.4 Å². The molecule has 2 heteroatoms. The van der Waals surface area contributed by atoms with Crippen LogP contribution in [0.2, 0.25) is 0 Å². The highest BCUT2D eigenvalue weighted by molar-refractivity contribution is 5.59. The zero-order valence-corrected chi connectivity index (χ0v) is 16.2. The standard InChI is InChI=1S/C24H31NO/c1-3-5-20-9-16-24(25-18-20)23-14-12-22(13-15-23)21-10-7-19(8-11-21)6-4-17-26-2/h4,6,9,12-16,18-19,21H,3,5,7-8,10-11,17H2,1-2H3/b6-4+. The molecule has 26 heavy (non-hydrogen) atoms. The normalized spacial score (nSPS) is 20.5. The molecule has 138 valence electrons. The number of benzene rings is 1. The molecular formula is C24H31NO. The number of allylic oxidation sites excluding steroid dienone is 1. The fourth-order valence-electron chi connectivity index (χ4n) is 3.95.